The molecule has 0 saturated heterocycles. The van der Waals surface area contributed by atoms with Gasteiger partial charge in [-0.3, -0.25) is 4.79 Å². The van der Waals surface area contributed by atoms with Crippen LogP contribution in [0.5, 0.6) is 0 Å². The van der Waals surface area contributed by atoms with E-state index in [2.05, 4.69) is 9.97 Å². The van der Waals surface area contributed by atoms with Crippen molar-refractivity contribution in [3.05, 3.63) is 48.0 Å². The number of carbonyl (C=O) groups excluding carboxylic acids is 1. The van der Waals surface area contributed by atoms with Crippen molar-refractivity contribution in [2.75, 3.05) is 5.73 Å². The van der Waals surface area contributed by atoms with Crippen LogP contribution in [0.1, 0.15) is 16.2 Å². The van der Waals surface area contributed by atoms with Gasteiger partial charge in [0.1, 0.15) is 10.7 Å². The largest absolute Gasteiger partial charge is 0.399 e. The maximum atomic E-state index is 12.3. The Balaban J connectivity index is 2.06. The van der Waals surface area contributed by atoms with Crippen molar-refractivity contribution in [3.63, 3.8) is 0 Å². The molecule has 1 aliphatic rings. The van der Waals surface area contributed by atoms with Crippen molar-refractivity contribution < 1.29 is 13.2 Å². The molecule has 1 amide bonds. The molecule has 20 heavy (non-hydrogen) atoms. The van der Waals surface area contributed by atoms with Crippen LogP contribution in [0.3, 0.4) is 0 Å². The smallest absolute Gasteiger partial charge is 0.269 e. The van der Waals surface area contributed by atoms with Gasteiger partial charge in [0.2, 0.25) is 0 Å². The van der Waals surface area contributed by atoms with Crippen molar-refractivity contribution in [3.8, 4) is 0 Å². The summed E-state index contributed by atoms with van der Waals surface area (Å²) in [4.78, 5) is 20.0. The molecule has 1 aromatic heterocycles. The molecule has 2 N–H and O–H groups in total. The summed E-state index contributed by atoms with van der Waals surface area (Å²) in [5, 5.41) is 0. The Kier molecular flexibility index (Phi) is 2.68. The highest BCUT2D eigenvalue weighted by Gasteiger charge is 2.41. The molecule has 102 valence electrons. The third kappa shape index (κ3) is 1.81. The van der Waals surface area contributed by atoms with Crippen LogP contribution in [0.2, 0.25) is 0 Å². The number of carbonyl (C=O) groups is 1. The zero-order valence-corrected chi connectivity index (χ0v) is 11.0. The summed E-state index contributed by atoms with van der Waals surface area (Å²) in [6, 6.07) is 5.80. The number of hydrogen-bond donors (Lipinski definition) is 1. The summed E-state index contributed by atoms with van der Waals surface area (Å²) in [6.07, 6.45) is 2.97. The van der Waals surface area contributed by atoms with E-state index < -0.39 is 15.9 Å². The lowest BCUT2D eigenvalue weighted by Gasteiger charge is -2.13. The van der Waals surface area contributed by atoms with E-state index in [4.69, 9.17) is 5.73 Å². The lowest BCUT2D eigenvalue weighted by atomic mass is 10.2. The van der Waals surface area contributed by atoms with Crippen molar-refractivity contribution in [1.82, 2.24) is 14.3 Å². The van der Waals surface area contributed by atoms with E-state index in [-0.39, 0.29) is 28.5 Å². The minimum Gasteiger partial charge on any atom is -0.399 e. The first-order valence-electron chi connectivity index (χ1n) is 5.72. The van der Waals surface area contributed by atoms with Gasteiger partial charge in [-0.1, -0.05) is 0 Å². The van der Waals surface area contributed by atoms with E-state index in [1.54, 1.807) is 6.07 Å². The van der Waals surface area contributed by atoms with E-state index in [9.17, 15) is 13.2 Å². The Bertz CT molecular complexity index is 790. The van der Waals surface area contributed by atoms with Gasteiger partial charge in [-0.05, 0) is 24.3 Å². The summed E-state index contributed by atoms with van der Waals surface area (Å²) in [7, 11) is -3.89. The monoisotopic (exact) mass is 290 g/mol. The maximum Gasteiger partial charge on any atom is 0.269 e. The molecule has 1 aliphatic heterocycles. The first-order valence-corrected chi connectivity index (χ1v) is 7.16. The van der Waals surface area contributed by atoms with Gasteiger partial charge in [0.25, 0.3) is 15.9 Å². The van der Waals surface area contributed by atoms with Crippen LogP contribution in [-0.4, -0.2) is 28.6 Å². The predicted molar refractivity (Wildman–Crippen MR) is 69.9 cm³/mol. The average molecular weight is 290 g/mol. The Morgan fingerprint density at radius 2 is 1.90 bits per heavy atom. The quantitative estimate of drug-likeness (QED) is 0.802. The highest BCUT2D eigenvalue weighted by molar-refractivity contribution is 7.90. The predicted octanol–water partition coefficient (Wildman–Crippen LogP) is 0.404. The minimum atomic E-state index is -3.89. The number of hydrogen-bond acceptors (Lipinski definition) is 6. The van der Waals surface area contributed by atoms with Crippen molar-refractivity contribution in [1.29, 1.82) is 0 Å². The fraction of sp³-hybridized carbons (Fsp3) is 0.0833. The summed E-state index contributed by atoms with van der Waals surface area (Å²) < 4.78 is 25.4. The summed E-state index contributed by atoms with van der Waals surface area (Å²) in [6.45, 7) is -0.198. The van der Waals surface area contributed by atoms with Gasteiger partial charge >= 0.3 is 0 Å². The first kappa shape index (κ1) is 12.5. The molecule has 0 radical (unpaired) electrons. The zero-order valence-electron chi connectivity index (χ0n) is 10.2. The summed E-state index contributed by atoms with van der Waals surface area (Å²) in [5.74, 6) is -0.336. The average Bonchev–Trinajstić information content (AvgIpc) is 2.61. The molecule has 0 spiro atoms. The molecule has 0 fully saturated rings. The van der Waals surface area contributed by atoms with Gasteiger partial charge < -0.3 is 5.73 Å². The number of anilines is 1. The number of nitrogens with zero attached hydrogens (tertiary/aromatic N) is 3. The number of fused-ring (bicyclic) bond motifs is 1. The second-order valence-corrected chi connectivity index (χ2v) is 6.07. The molecule has 2 heterocycles. The Morgan fingerprint density at radius 3 is 2.60 bits per heavy atom. The molecule has 2 aromatic rings. The van der Waals surface area contributed by atoms with Crippen LogP contribution < -0.4 is 5.73 Å². The Hall–Kier alpha value is -2.48. The maximum absolute atomic E-state index is 12.3. The summed E-state index contributed by atoms with van der Waals surface area (Å²) >= 11 is 0. The summed E-state index contributed by atoms with van der Waals surface area (Å²) in [5.41, 5.74) is 5.99. The molecule has 0 saturated carbocycles. The molecule has 3 rings (SSSR count). The van der Waals surface area contributed by atoms with Crippen LogP contribution in [0.15, 0.2) is 41.6 Å². The molecule has 0 unspecified atom stereocenters. The van der Waals surface area contributed by atoms with Crippen LogP contribution in [0, 0.1) is 0 Å². The molecule has 0 atom stereocenters. The van der Waals surface area contributed by atoms with Gasteiger partial charge in [-0.15, -0.1) is 0 Å². The normalized spacial score (nSPS) is 16.2. The molecule has 1 aromatic carbocycles. The molecule has 0 aliphatic carbocycles. The minimum absolute atomic E-state index is 0.0709. The fourth-order valence-corrected chi connectivity index (χ4v) is 3.55. The number of benzene rings is 1. The molecular weight excluding hydrogens is 280 g/mol. The van der Waals surface area contributed by atoms with E-state index in [1.165, 1.54) is 30.6 Å². The number of amides is 1. The van der Waals surface area contributed by atoms with E-state index in [0.29, 0.717) is 0 Å². The third-order valence-electron chi connectivity index (χ3n) is 2.93. The second kappa shape index (κ2) is 4.27. The molecule has 7 nitrogen and oxygen atoms in total. The first-order chi connectivity index (χ1) is 9.50. The van der Waals surface area contributed by atoms with Crippen molar-refractivity contribution in [2.24, 2.45) is 0 Å². The standard InChI is InChI=1S/C12H10N4O3S/c13-8-2-3-9-10(6-8)20(18,19)16(12(9)17)7-11-14-4-1-5-15-11/h1-6H,7,13H2. The van der Waals surface area contributed by atoms with Gasteiger partial charge in [0.15, 0.2) is 0 Å². The lowest BCUT2D eigenvalue weighted by Crippen LogP contribution is -2.30. The van der Waals surface area contributed by atoms with Gasteiger partial charge in [-0.2, -0.15) is 0 Å². The van der Waals surface area contributed by atoms with Crippen LogP contribution in [-0.2, 0) is 16.6 Å². The van der Waals surface area contributed by atoms with Crippen molar-refractivity contribution in [2.45, 2.75) is 11.4 Å². The topological polar surface area (TPSA) is 106 Å². The number of sulfonamides is 1. The third-order valence-corrected chi connectivity index (χ3v) is 4.70. The lowest BCUT2D eigenvalue weighted by molar-refractivity contribution is 0.0862. The van der Waals surface area contributed by atoms with Crippen LogP contribution in [0.25, 0.3) is 0 Å². The van der Waals surface area contributed by atoms with Crippen molar-refractivity contribution >= 4 is 21.6 Å². The highest BCUT2D eigenvalue weighted by Crippen LogP contribution is 2.32. The zero-order chi connectivity index (χ0) is 14.3. The van der Waals surface area contributed by atoms with Crippen LogP contribution in [0.4, 0.5) is 5.69 Å². The molecular formula is C12H10N4O3S. The molecule has 0 bridgehead atoms. The number of rotatable bonds is 2. The SMILES string of the molecule is Nc1ccc2c(c1)S(=O)(=O)N(Cc1ncccn1)C2=O. The van der Waals surface area contributed by atoms with Gasteiger partial charge in [-0.25, -0.2) is 22.7 Å². The number of nitrogens with two attached hydrogens (primary N) is 1. The second-order valence-electron chi connectivity index (χ2n) is 4.24. The van der Waals surface area contributed by atoms with Crippen LogP contribution >= 0.6 is 0 Å². The highest BCUT2D eigenvalue weighted by atomic mass is 32.2. The van der Waals surface area contributed by atoms with Gasteiger partial charge in [0.05, 0.1) is 12.1 Å². The fourth-order valence-electron chi connectivity index (χ4n) is 1.99. The Morgan fingerprint density at radius 1 is 1.20 bits per heavy atom. The van der Waals surface area contributed by atoms with E-state index in [0.717, 1.165) is 4.31 Å². The number of nitrogen functional groups attached to an aromatic ring is 1. The Labute approximate surface area is 115 Å². The van der Waals surface area contributed by atoms with E-state index >= 15 is 0 Å². The number of aromatic nitrogens is 2. The van der Waals surface area contributed by atoms with E-state index in [1.807, 2.05) is 0 Å². The molecule has 8 heteroatoms. The van der Waals surface area contributed by atoms with Gasteiger partial charge in [0, 0.05) is 18.1 Å².